The van der Waals surface area contributed by atoms with E-state index in [1.165, 1.54) is 6.07 Å². The van der Waals surface area contributed by atoms with Crippen molar-refractivity contribution in [1.29, 1.82) is 0 Å². The molecule has 0 N–H and O–H groups in total. The molecular weight excluding hydrogens is 175 g/mol. The first-order chi connectivity index (χ1) is 6.26. The zero-order chi connectivity index (χ0) is 9.68. The number of hydrogen-bond donors (Lipinski definition) is 0. The van der Waals surface area contributed by atoms with Gasteiger partial charge in [0.05, 0.1) is 0 Å². The highest BCUT2D eigenvalue weighted by Gasteiger charge is 2.00. The maximum Gasteiger partial charge on any atom is 0.157 e. The van der Waals surface area contributed by atoms with E-state index in [4.69, 9.17) is 4.74 Å². The summed E-state index contributed by atoms with van der Waals surface area (Å²) < 4.78 is 17.5. The monoisotopic (exact) mass is 182 g/mol. The Bertz CT molecular complexity index is 323. The van der Waals surface area contributed by atoms with Crippen LogP contribution in [0.4, 0.5) is 4.39 Å². The molecule has 0 atom stereocenters. The molecule has 0 aliphatic heterocycles. The second kappa shape index (κ2) is 4.35. The number of benzene rings is 1. The standard InChI is InChI=1S/C9H7FO3/c10-8-3-7(6-12)4-9(5-8)13-2-1-11/h1,3-6H,2H2. The Morgan fingerprint density at radius 2 is 2.08 bits per heavy atom. The van der Waals surface area contributed by atoms with Crippen molar-refractivity contribution in [1.82, 2.24) is 0 Å². The summed E-state index contributed by atoms with van der Waals surface area (Å²) in [7, 11) is 0. The lowest BCUT2D eigenvalue weighted by molar-refractivity contribution is -0.109. The van der Waals surface area contributed by atoms with E-state index < -0.39 is 5.82 Å². The highest BCUT2D eigenvalue weighted by Crippen LogP contribution is 2.14. The van der Waals surface area contributed by atoms with Crippen molar-refractivity contribution in [3.05, 3.63) is 29.6 Å². The molecule has 0 aliphatic carbocycles. The minimum absolute atomic E-state index is 0.151. The Morgan fingerprint density at radius 1 is 1.31 bits per heavy atom. The summed E-state index contributed by atoms with van der Waals surface area (Å²) in [6, 6.07) is 3.55. The van der Waals surface area contributed by atoms with E-state index in [1.54, 1.807) is 0 Å². The van der Waals surface area contributed by atoms with Crippen LogP contribution in [-0.4, -0.2) is 19.2 Å². The molecule has 0 radical (unpaired) electrons. The third kappa shape index (κ3) is 2.66. The molecule has 0 saturated heterocycles. The first-order valence-corrected chi connectivity index (χ1v) is 3.58. The van der Waals surface area contributed by atoms with E-state index in [0.717, 1.165) is 12.1 Å². The van der Waals surface area contributed by atoms with Gasteiger partial charge >= 0.3 is 0 Å². The molecule has 13 heavy (non-hydrogen) atoms. The van der Waals surface area contributed by atoms with Crippen LogP contribution in [0.2, 0.25) is 0 Å². The molecule has 3 nitrogen and oxygen atoms in total. The van der Waals surface area contributed by atoms with Crippen LogP contribution in [0.3, 0.4) is 0 Å². The third-order valence-electron chi connectivity index (χ3n) is 1.35. The Morgan fingerprint density at radius 3 is 2.69 bits per heavy atom. The van der Waals surface area contributed by atoms with Crippen molar-refractivity contribution in [2.75, 3.05) is 6.61 Å². The summed E-state index contributed by atoms with van der Waals surface area (Å²) in [5.74, 6) is -0.389. The van der Waals surface area contributed by atoms with E-state index in [9.17, 15) is 14.0 Å². The summed E-state index contributed by atoms with van der Waals surface area (Å²) in [4.78, 5) is 20.2. The van der Waals surface area contributed by atoms with Gasteiger partial charge in [-0.2, -0.15) is 0 Å². The Balaban J connectivity index is 2.87. The van der Waals surface area contributed by atoms with Gasteiger partial charge in [-0.05, 0) is 12.1 Å². The number of rotatable bonds is 4. The third-order valence-corrected chi connectivity index (χ3v) is 1.35. The van der Waals surface area contributed by atoms with Crippen molar-refractivity contribution < 1.29 is 18.7 Å². The summed E-state index contributed by atoms with van der Waals surface area (Å²) in [6.07, 6.45) is 1.06. The molecule has 1 aromatic carbocycles. The molecular formula is C9H7FO3. The number of aldehydes is 2. The number of hydrogen-bond acceptors (Lipinski definition) is 3. The predicted octanol–water partition coefficient (Wildman–Crippen LogP) is 1.22. The SMILES string of the molecule is O=CCOc1cc(F)cc(C=O)c1. The fraction of sp³-hybridized carbons (Fsp3) is 0.111. The van der Waals surface area contributed by atoms with Crippen LogP contribution in [0.25, 0.3) is 0 Å². The van der Waals surface area contributed by atoms with E-state index >= 15 is 0 Å². The Kier molecular flexibility index (Phi) is 3.14. The molecule has 0 saturated carbocycles. The number of halogens is 1. The van der Waals surface area contributed by atoms with E-state index in [2.05, 4.69) is 0 Å². The van der Waals surface area contributed by atoms with Gasteiger partial charge in [0.25, 0.3) is 0 Å². The molecule has 0 aliphatic rings. The highest BCUT2D eigenvalue weighted by atomic mass is 19.1. The zero-order valence-corrected chi connectivity index (χ0v) is 6.70. The fourth-order valence-corrected chi connectivity index (χ4v) is 0.866. The van der Waals surface area contributed by atoms with Crippen LogP contribution >= 0.6 is 0 Å². The van der Waals surface area contributed by atoms with Gasteiger partial charge in [0.15, 0.2) is 6.29 Å². The molecule has 68 valence electrons. The van der Waals surface area contributed by atoms with Crippen LogP contribution in [0.5, 0.6) is 5.75 Å². The fourth-order valence-electron chi connectivity index (χ4n) is 0.866. The van der Waals surface area contributed by atoms with E-state index in [-0.39, 0.29) is 17.9 Å². The maximum atomic E-state index is 12.7. The maximum absolute atomic E-state index is 12.7. The van der Waals surface area contributed by atoms with Crippen molar-refractivity contribution in [2.24, 2.45) is 0 Å². The summed E-state index contributed by atoms with van der Waals surface area (Å²) >= 11 is 0. The van der Waals surface area contributed by atoms with Crippen LogP contribution in [0.1, 0.15) is 10.4 Å². The van der Waals surface area contributed by atoms with Gasteiger partial charge in [-0.1, -0.05) is 0 Å². The molecule has 0 amide bonds. The molecule has 0 heterocycles. The molecule has 1 rings (SSSR count). The van der Waals surface area contributed by atoms with Gasteiger partial charge in [-0.25, -0.2) is 4.39 Å². The van der Waals surface area contributed by atoms with Crippen LogP contribution in [-0.2, 0) is 4.79 Å². The quantitative estimate of drug-likeness (QED) is 0.657. The second-order valence-electron chi connectivity index (χ2n) is 2.32. The van der Waals surface area contributed by atoms with E-state index in [0.29, 0.717) is 12.6 Å². The second-order valence-corrected chi connectivity index (χ2v) is 2.32. The average Bonchev–Trinajstić information content (AvgIpc) is 2.14. The molecule has 0 fully saturated rings. The minimum Gasteiger partial charge on any atom is -0.486 e. The summed E-state index contributed by atoms with van der Waals surface area (Å²) in [5.41, 5.74) is 0.181. The van der Waals surface area contributed by atoms with Crippen molar-refractivity contribution in [3.63, 3.8) is 0 Å². The van der Waals surface area contributed by atoms with Gasteiger partial charge in [-0.3, -0.25) is 9.59 Å². The summed E-state index contributed by atoms with van der Waals surface area (Å²) in [5, 5.41) is 0. The Labute approximate surface area is 74.1 Å². The summed E-state index contributed by atoms with van der Waals surface area (Å²) in [6.45, 7) is -0.151. The molecule has 0 spiro atoms. The first-order valence-electron chi connectivity index (χ1n) is 3.58. The number of carbonyl (C=O) groups excluding carboxylic acids is 2. The molecule has 0 unspecified atom stereocenters. The zero-order valence-electron chi connectivity index (χ0n) is 6.70. The lowest BCUT2D eigenvalue weighted by atomic mass is 10.2. The minimum atomic E-state index is -0.564. The number of carbonyl (C=O) groups is 2. The number of ether oxygens (including phenoxy) is 1. The highest BCUT2D eigenvalue weighted by molar-refractivity contribution is 5.75. The van der Waals surface area contributed by atoms with Crippen LogP contribution < -0.4 is 4.74 Å². The van der Waals surface area contributed by atoms with Gasteiger partial charge in [0.1, 0.15) is 24.5 Å². The van der Waals surface area contributed by atoms with Gasteiger partial charge < -0.3 is 4.74 Å². The predicted molar refractivity (Wildman–Crippen MR) is 43.3 cm³/mol. The Hall–Kier alpha value is -1.71. The molecule has 4 heteroatoms. The largest absolute Gasteiger partial charge is 0.486 e. The smallest absolute Gasteiger partial charge is 0.157 e. The first kappa shape index (κ1) is 9.38. The molecule has 1 aromatic rings. The van der Waals surface area contributed by atoms with Gasteiger partial charge in [0, 0.05) is 11.6 Å². The van der Waals surface area contributed by atoms with Crippen molar-refractivity contribution in [3.8, 4) is 5.75 Å². The van der Waals surface area contributed by atoms with Crippen molar-refractivity contribution >= 4 is 12.6 Å². The average molecular weight is 182 g/mol. The van der Waals surface area contributed by atoms with E-state index in [1.807, 2.05) is 0 Å². The van der Waals surface area contributed by atoms with Gasteiger partial charge in [-0.15, -0.1) is 0 Å². The molecule has 0 bridgehead atoms. The van der Waals surface area contributed by atoms with Crippen molar-refractivity contribution in [2.45, 2.75) is 0 Å². The lowest BCUT2D eigenvalue weighted by Crippen LogP contribution is -1.98. The van der Waals surface area contributed by atoms with Gasteiger partial charge in [0.2, 0.25) is 0 Å². The van der Waals surface area contributed by atoms with Crippen LogP contribution in [0, 0.1) is 5.82 Å². The lowest BCUT2D eigenvalue weighted by Gasteiger charge is -2.02. The molecule has 0 aromatic heterocycles. The van der Waals surface area contributed by atoms with Crippen LogP contribution in [0.15, 0.2) is 18.2 Å². The normalized spacial score (nSPS) is 9.31. The topological polar surface area (TPSA) is 43.4 Å².